The van der Waals surface area contributed by atoms with Gasteiger partial charge in [0.05, 0.1) is 31.5 Å². The summed E-state index contributed by atoms with van der Waals surface area (Å²) in [5.41, 5.74) is -2.27. The van der Waals surface area contributed by atoms with Crippen molar-refractivity contribution in [2.75, 3.05) is 32.1 Å². The van der Waals surface area contributed by atoms with E-state index >= 15 is 0 Å². The van der Waals surface area contributed by atoms with Crippen LogP contribution in [-0.2, 0) is 17.5 Å². The molecule has 1 aliphatic heterocycles. The van der Waals surface area contributed by atoms with Gasteiger partial charge < -0.3 is 20.1 Å². The van der Waals surface area contributed by atoms with Gasteiger partial charge in [-0.25, -0.2) is 4.68 Å². The predicted octanol–water partition coefficient (Wildman–Crippen LogP) is 2.92. The fourth-order valence-corrected chi connectivity index (χ4v) is 3.95. The average Bonchev–Trinajstić information content (AvgIpc) is 2.75. The van der Waals surface area contributed by atoms with Crippen LogP contribution in [0.15, 0.2) is 35.3 Å². The third-order valence-corrected chi connectivity index (χ3v) is 5.69. The first kappa shape index (κ1) is 24.6. The molecular weight excluding hydrogens is 441 g/mol. The summed E-state index contributed by atoms with van der Waals surface area (Å²) >= 11 is 0. The van der Waals surface area contributed by atoms with Crippen LogP contribution in [-0.4, -0.2) is 58.5 Å². The Kier molecular flexibility index (Phi) is 7.62. The third kappa shape index (κ3) is 6.25. The third-order valence-electron chi connectivity index (χ3n) is 5.69. The molecule has 11 heteroatoms. The lowest BCUT2D eigenvalue weighted by Gasteiger charge is -2.32. The quantitative estimate of drug-likeness (QED) is 0.615. The van der Waals surface area contributed by atoms with Crippen molar-refractivity contribution in [3.63, 3.8) is 0 Å². The molecular formula is C22H27F3N4O4. The summed E-state index contributed by atoms with van der Waals surface area (Å²) in [6.07, 6.45) is -2.83. The van der Waals surface area contributed by atoms with Gasteiger partial charge in [-0.2, -0.15) is 18.3 Å². The van der Waals surface area contributed by atoms with Gasteiger partial charge in [0.2, 0.25) is 0 Å². The molecule has 3 rings (SSSR count). The molecule has 0 aliphatic carbocycles. The standard InChI is InChI=1S/C22H27F3N4O4/c1-14(12-28-9-7-16(8-10-28)21(31)32)27-18-11-26-29(20(30)19(18)22(23,24)25)13-15-3-5-17(33-2)6-4-15/h3-6,11,14,16,27H,7-10,12-13H2,1-2H3,(H,31,32). The number of benzene rings is 1. The second kappa shape index (κ2) is 10.2. The van der Waals surface area contributed by atoms with E-state index in [0.717, 1.165) is 10.9 Å². The van der Waals surface area contributed by atoms with E-state index < -0.39 is 29.3 Å². The Hall–Kier alpha value is -3.08. The minimum atomic E-state index is -4.86. The zero-order chi connectivity index (χ0) is 24.2. The zero-order valence-electron chi connectivity index (χ0n) is 18.4. The number of hydrogen-bond acceptors (Lipinski definition) is 6. The number of likely N-dealkylation sites (tertiary alicyclic amines) is 1. The molecule has 33 heavy (non-hydrogen) atoms. The Morgan fingerprint density at radius 1 is 1.27 bits per heavy atom. The van der Waals surface area contributed by atoms with Crippen LogP contribution in [0.25, 0.3) is 0 Å². The summed E-state index contributed by atoms with van der Waals surface area (Å²) in [6.45, 7) is 3.12. The fraction of sp³-hybridized carbons (Fsp3) is 0.500. The Labute approximate surface area is 189 Å². The van der Waals surface area contributed by atoms with Gasteiger partial charge in [-0.3, -0.25) is 9.59 Å². The van der Waals surface area contributed by atoms with E-state index in [0.29, 0.717) is 43.8 Å². The van der Waals surface area contributed by atoms with Gasteiger partial charge >= 0.3 is 12.1 Å². The predicted molar refractivity (Wildman–Crippen MR) is 115 cm³/mol. The van der Waals surface area contributed by atoms with Crippen molar-refractivity contribution >= 4 is 11.7 Å². The fourth-order valence-electron chi connectivity index (χ4n) is 3.95. The number of halogens is 3. The number of anilines is 1. The van der Waals surface area contributed by atoms with Gasteiger partial charge in [-0.1, -0.05) is 12.1 Å². The molecule has 8 nitrogen and oxygen atoms in total. The lowest BCUT2D eigenvalue weighted by atomic mass is 9.97. The Bertz CT molecular complexity index is 1020. The zero-order valence-corrected chi connectivity index (χ0v) is 18.4. The largest absolute Gasteiger partial charge is 0.497 e. The minimum Gasteiger partial charge on any atom is -0.497 e. The number of carbonyl (C=O) groups is 1. The number of rotatable bonds is 8. The van der Waals surface area contributed by atoms with Crippen LogP contribution >= 0.6 is 0 Å². The molecule has 1 atom stereocenters. The number of ether oxygens (including phenoxy) is 1. The summed E-state index contributed by atoms with van der Waals surface area (Å²) in [5, 5.41) is 15.8. The summed E-state index contributed by atoms with van der Waals surface area (Å²) in [6, 6.07) is 6.21. The van der Waals surface area contributed by atoms with E-state index in [9.17, 15) is 22.8 Å². The monoisotopic (exact) mass is 468 g/mol. The van der Waals surface area contributed by atoms with E-state index in [4.69, 9.17) is 9.84 Å². The van der Waals surface area contributed by atoms with Crippen molar-refractivity contribution in [2.45, 2.75) is 38.5 Å². The molecule has 1 aromatic heterocycles. The molecule has 1 fully saturated rings. The van der Waals surface area contributed by atoms with E-state index in [2.05, 4.69) is 10.4 Å². The van der Waals surface area contributed by atoms with Crippen LogP contribution in [0.1, 0.15) is 30.9 Å². The number of hydrogen-bond donors (Lipinski definition) is 2. The normalized spacial score (nSPS) is 16.4. The molecule has 2 N–H and O–H groups in total. The van der Waals surface area contributed by atoms with Gasteiger partial charge in [0.15, 0.2) is 0 Å². The smallest absolute Gasteiger partial charge is 0.423 e. The first-order chi connectivity index (χ1) is 15.6. The second-order valence-electron chi connectivity index (χ2n) is 8.20. The van der Waals surface area contributed by atoms with Gasteiger partial charge in [0.25, 0.3) is 5.56 Å². The number of nitrogens with one attached hydrogen (secondary N) is 1. The highest BCUT2D eigenvalue weighted by Crippen LogP contribution is 2.32. The number of piperidine rings is 1. The number of aliphatic carboxylic acids is 1. The number of methoxy groups -OCH3 is 1. The van der Waals surface area contributed by atoms with E-state index in [-0.39, 0.29) is 18.2 Å². The Morgan fingerprint density at radius 3 is 2.45 bits per heavy atom. The van der Waals surface area contributed by atoms with Crippen LogP contribution in [0.3, 0.4) is 0 Å². The van der Waals surface area contributed by atoms with Crippen molar-refractivity contribution in [3.05, 3.63) is 51.9 Å². The molecule has 180 valence electrons. The summed E-state index contributed by atoms with van der Waals surface area (Å²) in [4.78, 5) is 25.8. The summed E-state index contributed by atoms with van der Waals surface area (Å²) in [7, 11) is 1.50. The topological polar surface area (TPSA) is 96.7 Å². The van der Waals surface area contributed by atoms with E-state index in [1.165, 1.54) is 7.11 Å². The second-order valence-corrected chi connectivity index (χ2v) is 8.20. The minimum absolute atomic E-state index is 0.111. The van der Waals surface area contributed by atoms with Crippen molar-refractivity contribution in [3.8, 4) is 5.75 Å². The maximum absolute atomic E-state index is 13.8. The number of nitrogens with zero attached hydrogens (tertiary/aromatic N) is 3. The molecule has 0 bridgehead atoms. The van der Waals surface area contributed by atoms with Crippen molar-refractivity contribution in [1.82, 2.24) is 14.7 Å². The van der Waals surface area contributed by atoms with Crippen LogP contribution in [0, 0.1) is 5.92 Å². The summed E-state index contributed by atoms with van der Waals surface area (Å²) in [5.74, 6) is -0.614. The van der Waals surface area contributed by atoms with Crippen LogP contribution in [0.4, 0.5) is 18.9 Å². The number of carboxylic acid groups (broad SMARTS) is 1. The lowest BCUT2D eigenvalue weighted by Crippen LogP contribution is -2.42. The molecule has 2 heterocycles. The first-order valence-corrected chi connectivity index (χ1v) is 10.6. The van der Waals surface area contributed by atoms with Gasteiger partial charge in [-0.05, 0) is 50.6 Å². The number of carboxylic acids is 1. The average molecular weight is 468 g/mol. The highest BCUT2D eigenvalue weighted by molar-refractivity contribution is 5.70. The molecule has 1 saturated heterocycles. The molecule has 0 saturated carbocycles. The summed E-state index contributed by atoms with van der Waals surface area (Å²) < 4.78 is 47.2. The van der Waals surface area contributed by atoms with Crippen molar-refractivity contribution in [2.24, 2.45) is 5.92 Å². The molecule has 0 spiro atoms. The van der Waals surface area contributed by atoms with Gasteiger partial charge in [0.1, 0.15) is 11.3 Å². The molecule has 0 radical (unpaired) electrons. The molecule has 1 unspecified atom stereocenters. The number of alkyl halides is 3. The highest BCUT2D eigenvalue weighted by Gasteiger charge is 2.38. The highest BCUT2D eigenvalue weighted by atomic mass is 19.4. The molecule has 1 aromatic carbocycles. The molecule has 2 aromatic rings. The molecule has 0 amide bonds. The van der Waals surface area contributed by atoms with Crippen LogP contribution < -0.4 is 15.6 Å². The van der Waals surface area contributed by atoms with Crippen LogP contribution in [0.5, 0.6) is 5.75 Å². The van der Waals surface area contributed by atoms with Crippen LogP contribution in [0.2, 0.25) is 0 Å². The van der Waals surface area contributed by atoms with Crippen molar-refractivity contribution in [1.29, 1.82) is 0 Å². The number of aromatic nitrogens is 2. The lowest BCUT2D eigenvalue weighted by molar-refractivity contribution is -0.143. The SMILES string of the molecule is COc1ccc(Cn2ncc(NC(C)CN3CCC(C(=O)O)CC3)c(C(F)(F)F)c2=O)cc1. The van der Waals surface area contributed by atoms with E-state index in [1.54, 1.807) is 31.2 Å². The van der Waals surface area contributed by atoms with Gasteiger partial charge in [0, 0.05) is 12.6 Å². The van der Waals surface area contributed by atoms with Crippen molar-refractivity contribution < 1.29 is 27.8 Å². The maximum Gasteiger partial charge on any atom is 0.423 e. The Morgan fingerprint density at radius 2 is 1.91 bits per heavy atom. The maximum atomic E-state index is 13.8. The van der Waals surface area contributed by atoms with Gasteiger partial charge in [-0.15, -0.1) is 0 Å². The first-order valence-electron chi connectivity index (χ1n) is 10.6. The Balaban J connectivity index is 1.74. The molecule has 1 aliphatic rings. The van der Waals surface area contributed by atoms with E-state index in [1.807, 2.05) is 4.90 Å².